The zero-order valence-electron chi connectivity index (χ0n) is 8.94. The Bertz CT molecular complexity index is 384. The van der Waals surface area contributed by atoms with Crippen molar-refractivity contribution >= 4 is 10.0 Å². The lowest BCUT2D eigenvalue weighted by Gasteiger charge is -2.30. The van der Waals surface area contributed by atoms with E-state index in [4.69, 9.17) is 10.9 Å². The van der Waals surface area contributed by atoms with Crippen molar-refractivity contribution in [1.29, 1.82) is 0 Å². The van der Waals surface area contributed by atoms with Crippen LogP contribution in [0, 0.1) is 0 Å². The van der Waals surface area contributed by atoms with Crippen LogP contribution in [-0.2, 0) is 10.0 Å². The van der Waals surface area contributed by atoms with E-state index < -0.39 is 14.8 Å². The molecular formula is C10H18N2O2S. The number of nitrogens with two attached hydrogens (primary N) is 2. The van der Waals surface area contributed by atoms with E-state index in [1.807, 2.05) is 6.92 Å². The smallest absolute Gasteiger partial charge is 0.218 e. The summed E-state index contributed by atoms with van der Waals surface area (Å²) in [7, 11) is -3.60. The second kappa shape index (κ2) is 4.37. The van der Waals surface area contributed by atoms with Gasteiger partial charge >= 0.3 is 0 Å². The van der Waals surface area contributed by atoms with Crippen LogP contribution in [0.15, 0.2) is 23.9 Å². The first-order chi connectivity index (χ1) is 6.91. The van der Waals surface area contributed by atoms with Gasteiger partial charge in [0.2, 0.25) is 10.0 Å². The molecule has 4 nitrogen and oxygen atoms in total. The van der Waals surface area contributed by atoms with Crippen LogP contribution in [0.3, 0.4) is 0 Å². The summed E-state index contributed by atoms with van der Waals surface area (Å²) in [6, 6.07) is 0. The number of primary sulfonamides is 1. The Morgan fingerprint density at radius 2 is 2.20 bits per heavy atom. The van der Waals surface area contributed by atoms with Gasteiger partial charge in [-0.1, -0.05) is 31.9 Å². The molecule has 0 aliphatic heterocycles. The number of sulfonamides is 1. The third-order valence-electron chi connectivity index (χ3n) is 2.73. The molecule has 4 N–H and O–H groups in total. The third kappa shape index (κ3) is 2.60. The molecule has 1 atom stereocenters. The lowest BCUT2D eigenvalue weighted by atomic mass is 9.92. The highest BCUT2D eigenvalue weighted by molar-refractivity contribution is 7.90. The van der Waals surface area contributed by atoms with Crippen molar-refractivity contribution in [3.05, 3.63) is 23.9 Å². The summed E-state index contributed by atoms with van der Waals surface area (Å²) in [6.45, 7) is 2.02. The summed E-state index contributed by atoms with van der Waals surface area (Å²) in [5, 5.41) is 5.29. The Hall–Kier alpha value is -0.810. The summed E-state index contributed by atoms with van der Waals surface area (Å²) in [6.07, 6.45) is 7.67. The molecule has 1 rings (SSSR count). The van der Waals surface area contributed by atoms with Gasteiger partial charge in [-0.25, -0.2) is 13.6 Å². The molecule has 0 aromatic carbocycles. The molecule has 0 saturated heterocycles. The van der Waals surface area contributed by atoms with E-state index in [2.05, 4.69) is 0 Å². The second-order valence-corrected chi connectivity index (χ2v) is 5.89. The van der Waals surface area contributed by atoms with E-state index in [-0.39, 0.29) is 0 Å². The van der Waals surface area contributed by atoms with Gasteiger partial charge in [-0.05, 0) is 12.5 Å². The molecule has 0 aromatic heterocycles. The lowest BCUT2D eigenvalue weighted by Crippen LogP contribution is -2.43. The van der Waals surface area contributed by atoms with Crippen LogP contribution in [0.1, 0.15) is 32.6 Å². The van der Waals surface area contributed by atoms with Crippen LogP contribution in [0.2, 0.25) is 0 Å². The van der Waals surface area contributed by atoms with Crippen LogP contribution in [0.5, 0.6) is 0 Å². The Kier molecular flexibility index (Phi) is 3.57. The topological polar surface area (TPSA) is 86.2 Å². The number of allylic oxidation sites excluding steroid dienone is 3. The molecule has 0 heterocycles. The van der Waals surface area contributed by atoms with Crippen molar-refractivity contribution in [3.8, 4) is 0 Å². The molecule has 1 unspecified atom stereocenters. The Balaban J connectivity index is 3.00. The van der Waals surface area contributed by atoms with Crippen LogP contribution in [-0.4, -0.2) is 13.2 Å². The molecule has 0 aromatic rings. The molecule has 0 saturated carbocycles. The fourth-order valence-electron chi connectivity index (χ4n) is 1.80. The quantitative estimate of drug-likeness (QED) is 0.755. The summed E-state index contributed by atoms with van der Waals surface area (Å²) in [5.41, 5.74) is 6.24. The molecule has 1 aliphatic rings. The van der Waals surface area contributed by atoms with Crippen LogP contribution in [0.25, 0.3) is 0 Å². The SMILES string of the molecule is CCCCC1(S(N)(=O)=O)C=CC=C(N)C1. The van der Waals surface area contributed by atoms with Gasteiger partial charge < -0.3 is 5.73 Å². The standard InChI is InChI=1S/C10H18N2O2S/c1-2-3-6-10(15(12,13)14)7-4-5-9(11)8-10/h4-5,7H,2-3,6,8,11H2,1H3,(H2,12,13,14). The third-order valence-corrected chi connectivity index (χ3v) is 4.35. The number of rotatable bonds is 4. The van der Waals surface area contributed by atoms with E-state index in [0.29, 0.717) is 18.5 Å². The normalized spacial score (nSPS) is 26.4. The van der Waals surface area contributed by atoms with Crippen molar-refractivity contribution < 1.29 is 8.42 Å². The summed E-state index contributed by atoms with van der Waals surface area (Å²) >= 11 is 0. The fraction of sp³-hybridized carbons (Fsp3) is 0.600. The molecule has 5 heteroatoms. The van der Waals surface area contributed by atoms with Crippen LogP contribution >= 0.6 is 0 Å². The number of unbranched alkanes of at least 4 members (excludes halogenated alkanes) is 1. The van der Waals surface area contributed by atoms with Gasteiger partial charge in [-0.15, -0.1) is 0 Å². The van der Waals surface area contributed by atoms with Gasteiger partial charge in [0.15, 0.2) is 0 Å². The molecule has 86 valence electrons. The van der Waals surface area contributed by atoms with Gasteiger partial charge in [0.05, 0.1) is 0 Å². The first-order valence-corrected chi connectivity index (χ1v) is 6.62. The zero-order chi connectivity index (χ0) is 11.5. The molecule has 1 aliphatic carbocycles. The zero-order valence-corrected chi connectivity index (χ0v) is 9.76. The molecule has 0 radical (unpaired) electrons. The van der Waals surface area contributed by atoms with Crippen LogP contribution < -0.4 is 10.9 Å². The number of hydrogen-bond donors (Lipinski definition) is 2. The van der Waals surface area contributed by atoms with Gasteiger partial charge in [0, 0.05) is 12.1 Å². The minimum Gasteiger partial charge on any atom is -0.402 e. The Morgan fingerprint density at radius 1 is 1.53 bits per heavy atom. The average molecular weight is 230 g/mol. The van der Waals surface area contributed by atoms with E-state index in [1.165, 1.54) is 0 Å². The van der Waals surface area contributed by atoms with Crippen molar-refractivity contribution in [1.82, 2.24) is 0 Å². The number of hydrogen-bond acceptors (Lipinski definition) is 3. The first kappa shape index (κ1) is 12.3. The predicted molar refractivity (Wildman–Crippen MR) is 61.4 cm³/mol. The fourth-order valence-corrected chi connectivity index (χ4v) is 2.86. The van der Waals surface area contributed by atoms with E-state index in [9.17, 15) is 8.42 Å². The van der Waals surface area contributed by atoms with E-state index in [1.54, 1.807) is 18.2 Å². The molecule has 0 fully saturated rings. The first-order valence-electron chi connectivity index (χ1n) is 5.07. The monoisotopic (exact) mass is 230 g/mol. The second-order valence-electron chi connectivity index (χ2n) is 3.99. The van der Waals surface area contributed by atoms with Gasteiger partial charge in [-0.3, -0.25) is 0 Å². The highest BCUT2D eigenvalue weighted by Gasteiger charge is 2.39. The van der Waals surface area contributed by atoms with Crippen molar-refractivity contribution in [3.63, 3.8) is 0 Å². The van der Waals surface area contributed by atoms with Gasteiger partial charge in [-0.2, -0.15) is 0 Å². The van der Waals surface area contributed by atoms with Crippen molar-refractivity contribution in [2.75, 3.05) is 0 Å². The van der Waals surface area contributed by atoms with Crippen molar-refractivity contribution in [2.24, 2.45) is 10.9 Å². The molecule has 0 bridgehead atoms. The maximum absolute atomic E-state index is 11.6. The maximum Gasteiger partial charge on any atom is 0.218 e. The molecule has 15 heavy (non-hydrogen) atoms. The highest BCUT2D eigenvalue weighted by Crippen LogP contribution is 2.32. The van der Waals surface area contributed by atoms with Crippen LogP contribution in [0.4, 0.5) is 0 Å². The van der Waals surface area contributed by atoms with Gasteiger partial charge in [0.25, 0.3) is 0 Å². The lowest BCUT2D eigenvalue weighted by molar-refractivity contribution is 0.512. The summed E-state index contributed by atoms with van der Waals surface area (Å²) in [5.74, 6) is 0. The average Bonchev–Trinajstić information content (AvgIpc) is 2.13. The van der Waals surface area contributed by atoms with E-state index >= 15 is 0 Å². The molecule has 0 amide bonds. The highest BCUT2D eigenvalue weighted by atomic mass is 32.2. The minimum atomic E-state index is -3.60. The summed E-state index contributed by atoms with van der Waals surface area (Å²) < 4.78 is 22.2. The Labute approximate surface area is 91.1 Å². The Morgan fingerprint density at radius 3 is 2.67 bits per heavy atom. The predicted octanol–water partition coefficient (Wildman–Crippen LogP) is 1.01. The molecule has 0 spiro atoms. The molecular weight excluding hydrogens is 212 g/mol. The maximum atomic E-state index is 11.6. The largest absolute Gasteiger partial charge is 0.402 e. The minimum absolute atomic E-state index is 0.308. The van der Waals surface area contributed by atoms with Gasteiger partial charge in [0.1, 0.15) is 4.75 Å². The summed E-state index contributed by atoms with van der Waals surface area (Å²) in [4.78, 5) is 0. The van der Waals surface area contributed by atoms with E-state index in [0.717, 1.165) is 12.8 Å². The van der Waals surface area contributed by atoms with Crippen molar-refractivity contribution in [2.45, 2.75) is 37.4 Å².